The second-order valence-corrected chi connectivity index (χ2v) is 5.54. The lowest BCUT2D eigenvalue weighted by atomic mass is 10.0. The molecule has 20 heavy (non-hydrogen) atoms. The molecule has 1 aliphatic heterocycles. The lowest BCUT2D eigenvalue weighted by Crippen LogP contribution is -2.26. The summed E-state index contributed by atoms with van der Waals surface area (Å²) >= 11 is 0. The molecular formula is C16H23N3O. The molecule has 1 saturated heterocycles. The van der Waals surface area contributed by atoms with E-state index in [0.29, 0.717) is 12.0 Å². The normalized spacial score (nSPS) is 22.7. The number of fused-ring (bicyclic) bond motifs is 1. The van der Waals surface area contributed by atoms with E-state index in [1.165, 1.54) is 10.9 Å². The van der Waals surface area contributed by atoms with Crippen molar-refractivity contribution in [2.45, 2.75) is 39.5 Å². The molecule has 1 N–H and O–H groups in total. The fourth-order valence-corrected chi connectivity index (χ4v) is 2.99. The Morgan fingerprint density at radius 1 is 1.40 bits per heavy atom. The summed E-state index contributed by atoms with van der Waals surface area (Å²) in [5.74, 6) is 0.634. The van der Waals surface area contributed by atoms with Crippen LogP contribution >= 0.6 is 0 Å². The SMILES string of the molecule is CCn1nc(CNCC2CCOC2C)c2ccccc21. The predicted octanol–water partition coefficient (Wildman–Crippen LogP) is 2.57. The van der Waals surface area contributed by atoms with Gasteiger partial charge in [0.1, 0.15) is 0 Å². The van der Waals surface area contributed by atoms with E-state index in [1.807, 2.05) is 0 Å². The smallest absolute Gasteiger partial charge is 0.0841 e. The highest BCUT2D eigenvalue weighted by molar-refractivity contribution is 5.81. The van der Waals surface area contributed by atoms with Gasteiger partial charge in [0.25, 0.3) is 0 Å². The zero-order valence-corrected chi connectivity index (χ0v) is 12.3. The Morgan fingerprint density at radius 3 is 3.00 bits per heavy atom. The summed E-state index contributed by atoms with van der Waals surface area (Å²) in [5.41, 5.74) is 2.37. The number of benzene rings is 1. The molecule has 2 heterocycles. The number of hydrogen-bond donors (Lipinski definition) is 1. The largest absolute Gasteiger partial charge is 0.378 e. The van der Waals surface area contributed by atoms with Gasteiger partial charge in [-0.1, -0.05) is 18.2 Å². The van der Waals surface area contributed by atoms with Crippen LogP contribution in [0.3, 0.4) is 0 Å². The summed E-state index contributed by atoms with van der Waals surface area (Å²) in [4.78, 5) is 0. The fraction of sp³-hybridized carbons (Fsp3) is 0.562. The number of hydrogen-bond acceptors (Lipinski definition) is 3. The van der Waals surface area contributed by atoms with Crippen molar-refractivity contribution in [1.82, 2.24) is 15.1 Å². The number of rotatable bonds is 5. The summed E-state index contributed by atoms with van der Waals surface area (Å²) in [5, 5.41) is 9.52. The average Bonchev–Trinajstić information content (AvgIpc) is 3.04. The van der Waals surface area contributed by atoms with Crippen molar-refractivity contribution in [2.24, 2.45) is 5.92 Å². The van der Waals surface area contributed by atoms with Gasteiger partial charge in [0.15, 0.2) is 0 Å². The van der Waals surface area contributed by atoms with E-state index in [0.717, 1.165) is 38.4 Å². The molecule has 0 aliphatic carbocycles. The highest BCUT2D eigenvalue weighted by atomic mass is 16.5. The van der Waals surface area contributed by atoms with Crippen molar-refractivity contribution < 1.29 is 4.74 Å². The maximum atomic E-state index is 5.60. The van der Waals surface area contributed by atoms with Gasteiger partial charge in [-0.15, -0.1) is 0 Å². The third kappa shape index (κ3) is 2.58. The van der Waals surface area contributed by atoms with Crippen molar-refractivity contribution >= 4 is 10.9 Å². The quantitative estimate of drug-likeness (QED) is 0.910. The Kier molecular flexibility index (Phi) is 4.03. The minimum Gasteiger partial charge on any atom is -0.378 e. The van der Waals surface area contributed by atoms with Crippen molar-refractivity contribution in [2.75, 3.05) is 13.2 Å². The molecule has 1 aromatic carbocycles. The fourth-order valence-electron chi connectivity index (χ4n) is 2.99. The third-order valence-corrected chi connectivity index (χ3v) is 4.27. The van der Waals surface area contributed by atoms with Crippen LogP contribution < -0.4 is 5.32 Å². The molecule has 4 heteroatoms. The van der Waals surface area contributed by atoms with E-state index in [9.17, 15) is 0 Å². The maximum absolute atomic E-state index is 5.60. The zero-order chi connectivity index (χ0) is 13.9. The first kappa shape index (κ1) is 13.6. The number of nitrogens with one attached hydrogen (secondary N) is 1. The van der Waals surface area contributed by atoms with Crippen LogP contribution in [-0.2, 0) is 17.8 Å². The van der Waals surface area contributed by atoms with E-state index in [-0.39, 0.29) is 0 Å². The molecule has 2 aromatic rings. The lowest BCUT2D eigenvalue weighted by Gasteiger charge is -2.14. The van der Waals surface area contributed by atoms with Crippen LogP contribution in [0.2, 0.25) is 0 Å². The molecule has 4 nitrogen and oxygen atoms in total. The van der Waals surface area contributed by atoms with Gasteiger partial charge in [0.2, 0.25) is 0 Å². The van der Waals surface area contributed by atoms with E-state index in [1.54, 1.807) is 0 Å². The van der Waals surface area contributed by atoms with Crippen LogP contribution in [0.5, 0.6) is 0 Å². The molecule has 2 unspecified atom stereocenters. The average molecular weight is 273 g/mol. The number of nitrogens with zero attached hydrogens (tertiary/aromatic N) is 2. The van der Waals surface area contributed by atoms with E-state index in [4.69, 9.17) is 9.84 Å². The van der Waals surface area contributed by atoms with E-state index >= 15 is 0 Å². The van der Waals surface area contributed by atoms with Gasteiger partial charge in [-0.2, -0.15) is 5.10 Å². The summed E-state index contributed by atoms with van der Waals surface area (Å²) in [7, 11) is 0. The summed E-state index contributed by atoms with van der Waals surface area (Å²) in [6, 6.07) is 8.46. The molecule has 0 radical (unpaired) electrons. The monoisotopic (exact) mass is 273 g/mol. The Labute approximate surface area is 120 Å². The van der Waals surface area contributed by atoms with Crippen LogP contribution in [0, 0.1) is 5.92 Å². The molecular weight excluding hydrogens is 250 g/mol. The van der Waals surface area contributed by atoms with Gasteiger partial charge >= 0.3 is 0 Å². The van der Waals surface area contributed by atoms with Crippen LogP contribution in [0.4, 0.5) is 0 Å². The number of aryl methyl sites for hydroxylation is 1. The van der Waals surface area contributed by atoms with Crippen LogP contribution in [0.25, 0.3) is 10.9 Å². The Hall–Kier alpha value is -1.39. The minimum atomic E-state index is 0.382. The predicted molar refractivity (Wildman–Crippen MR) is 80.6 cm³/mol. The van der Waals surface area contributed by atoms with Crippen molar-refractivity contribution in [3.63, 3.8) is 0 Å². The molecule has 0 bridgehead atoms. The molecule has 108 valence electrons. The summed E-state index contributed by atoms with van der Waals surface area (Å²) in [6.07, 6.45) is 1.55. The second kappa shape index (κ2) is 5.94. The van der Waals surface area contributed by atoms with E-state index in [2.05, 4.69) is 48.1 Å². The Balaban J connectivity index is 1.68. The molecule has 1 fully saturated rings. The molecule has 0 saturated carbocycles. The maximum Gasteiger partial charge on any atom is 0.0841 e. The topological polar surface area (TPSA) is 39.1 Å². The third-order valence-electron chi connectivity index (χ3n) is 4.27. The first-order chi connectivity index (χ1) is 9.79. The first-order valence-electron chi connectivity index (χ1n) is 7.56. The standard InChI is InChI=1S/C16H23N3O/c1-3-19-16-7-5-4-6-14(16)15(18-19)11-17-10-13-8-9-20-12(13)2/h4-7,12-13,17H,3,8-11H2,1-2H3. The molecule has 1 aliphatic rings. The van der Waals surface area contributed by atoms with Crippen LogP contribution in [0.15, 0.2) is 24.3 Å². The number of ether oxygens (including phenoxy) is 1. The van der Waals surface area contributed by atoms with Gasteiger partial charge in [0, 0.05) is 31.6 Å². The van der Waals surface area contributed by atoms with Gasteiger partial charge in [-0.25, -0.2) is 0 Å². The van der Waals surface area contributed by atoms with Gasteiger partial charge in [-0.3, -0.25) is 4.68 Å². The zero-order valence-electron chi connectivity index (χ0n) is 12.3. The lowest BCUT2D eigenvalue weighted by molar-refractivity contribution is 0.105. The van der Waals surface area contributed by atoms with Gasteiger partial charge < -0.3 is 10.1 Å². The minimum absolute atomic E-state index is 0.382. The summed E-state index contributed by atoms with van der Waals surface area (Å²) in [6.45, 7) is 7.95. The molecule has 3 rings (SSSR count). The molecule has 2 atom stereocenters. The molecule has 1 aromatic heterocycles. The van der Waals surface area contributed by atoms with Crippen molar-refractivity contribution in [1.29, 1.82) is 0 Å². The van der Waals surface area contributed by atoms with Crippen molar-refractivity contribution in [3.8, 4) is 0 Å². The molecule has 0 spiro atoms. The van der Waals surface area contributed by atoms with E-state index < -0.39 is 0 Å². The van der Waals surface area contributed by atoms with Crippen LogP contribution in [0.1, 0.15) is 26.0 Å². The number of para-hydroxylation sites is 1. The van der Waals surface area contributed by atoms with Gasteiger partial charge in [0.05, 0.1) is 17.3 Å². The van der Waals surface area contributed by atoms with Crippen LogP contribution in [-0.4, -0.2) is 29.0 Å². The Morgan fingerprint density at radius 2 is 2.25 bits per heavy atom. The molecule has 0 amide bonds. The van der Waals surface area contributed by atoms with Crippen molar-refractivity contribution in [3.05, 3.63) is 30.0 Å². The summed E-state index contributed by atoms with van der Waals surface area (Å²) < 4.78 is 7.68. The van der Waals surface area contributed by atoms with Gasteiger partial charge in [-0.05, 0) is 32.3 Å². The second-order valence-electron chi connectivity index (χ2n) is 5.54. The highest BCUT2D eigenvalue weighted by Crippen LogP contribution is 2.21. The first-order valence-corrected chi connectivity index (χ1v) is 7.56. The Bertz CT molecular complexity index is 578. The number of aromatic nitrogens is 2. The highest BCUT2D eigenvalue weighted by Gasteiger charge is 2.23.